The molecule has 3 heterocycles. The first-order valence-corrected chi connectivity index (χ1v) is 12.9. The average Bonchev–Trinajstić information content (AvgIpc) is 3.62. The number of tetrazole rings is 1. The number of rotatable bonds is 6. The van der Waals surface area contributed by atoms with Crippen molar-refractivity contribution in [3.8, 4) is 22.9 Å². The van der Waals surface area contributed by atoms with Crippen molar-refractivity contribution in [1.29, 1.82) is 0 Å². The molecule has 1 N–H and O–H groups in total. The Bertz CT molecular complexity index is 1510. The lowest BCUT2D eigenvalue weighted by Crippen LogP contribution is -2.35. The number of anilines is 1. The molecule has 6 rings (SSSR count). The Morgan fingerprint density at radius 2 is 1.87 bits per heavy atom. The van der Waals surface area contributed by atoms with Crippen LogP contribution in [0.25, 0.3) is 5.69 Å². The molecule has 39 heavy (non-hydrogen) atoms. The molecule has 0 spiro atoms. The Morgan fingerprint density at radius 3 is 2.59 bits per heavy atom. The van der Waals surface area contributed by atoms with Crippen LogP contribution in [0.1, 0.15) is 58.7 Å². The van der Waals surface area contributed by atoms with Crippen molar-refractivity contribution in [2.45, 2.75) is 32.2 Å². The Kier molecular flexibility index (Phi) is 6.40. The van der Waals surface area contributed by atoms with Crippen molar-refractivity contribution in [3.63, 3.8) is 0 Å². The molecule has 3 aromatic carbocycles. The van der Waals surface area contributed by atoms with Gasteiger partial charge in [-0.1, -0.05) is 26.0 Å². The van der Waals surface area contributed by atoms with Crippen LogP contribution in [-0.4, -0.2) is 58.5 Å². The second-order valence-corrected chi connectivity index (χ2v) is 10.1. The van der Waals surface area contributed by atoms with Crippen molar-refractivity contribution >= 4 is 11.6 Å². The summed E-state index contributed by atoms with van der Waals surface area (Å²) >= 11 is 0. The molecule has 0 bridgehead atoms. The number of hydrogen-bond donors (Lipinski definition) is 1. The van der Waals surface area contributed by atoms with Gasteiger partial charge in [0.05, 0.1) is 12.8 Å². The summed E-state index contributed by atoms with van der Waals surface area (Å²) in [5.74, 6) is 2.82. The number of hydrogen-bond acceptors (Lipinski definition) is 8. The number of amides is 1. The summed E-state index contributed by atoms with van der Waals surface area (Å²) in [6.45, 7) is 5.25. The zero-order valence-corrected chi connectivity index (χ0v) is 22.3. The van der Waals surface area contributed by atoms with Crippen molar-refractivity contribution in [1.82, 2.24) is 25.1 Å². The van der Waals surface area contributed by atoms with Gasteiger partial charge in [0, 0.05) is 23.4 Å². The van der Waals surface area contributed by atoms with E-state index in [1.165, 1.54) is 5.56 Å². The van der Waals surface area contributed by atoms with E-state index in [1.807, 2.05) is 49.5 Å². The largest absolute Gasteiger partial charge is 0.492 e. The summed E-state index contributed by atoms with van der Waals surface area (Å²) in [5.41, 5.74) is 5.34. The van der Waals surface area contributed by atoms with Crippen molar-refractivity contribution < 1.29 is 19.0 Å². The van der Waals surface area contributed by atoms with Crippen LogP contribution in [0.5, 0.6) is 17.2 Å². The van der Waals surface area contributed by atoms with Gasteiger partial charge in [-0.2, -0.15) is 4.68 Å². The highest BCUT2D eigenvalue weighted by molar-refractivity contribution is 6.04. The number of carbonyl (C=O) groups is 1. The normalized spacial score (nSPS) is 16.3. The molecule has 1 aromatic heterocycles. The predicted molar refractivity (Wildman–Crippen MR) is 145 cm³/mol. The highest BCUT2D eigenvalue weighted by Gasteiger charge is 2.37. The van der Waals surface area contributed by atoms with Gasteiger partial charge in [-0.15, -0.1) is 5.10 Å². The molecular weight excluding hydrogens is 496 g/mol. The molecule has 0 saturated carbocycles. The van der Waals surface area contributed by atoms with E-state index in [2.05, 4.69) is 39.6 Å². The third kappa shape index (κ3) is 4.46. The second-order valence-electron chi connectivity index (χ2n) is 10.1. The van der Waals surface area contributed by atoms with Crippen molar-refractivity contribution in [2.24, 2.45) is 0 Å². The monoisotopic (exact) mass is 526 g/mol. The van der Waals surface area contributed by atoms with Gasteiger partial charge >= 0.3 is 0 Å². The van der Waals surface area contributed by atoms with E-state index in [4.69, 9.17) is 14.2 Å². The van der Waals surface area contributed by atoms with E-state index in [9.17, 15) is 4.79 Å². The fourth-order valence-electron chi connectivity index (χ4n) is 5.22. The fourth-order valence-corrected chi connectivity index (χ4v) is 5.22. The van der Waals surface area contributed by atoms with Crippen molar-refractivity contribution in [2.75, 3.05) is 32.8 Å². The quantitative estimate of drug-likeness (QED) is 0.396. The van der Waals surface area contributed by atoms with Crippen LogP contribution in [0.3, 0.4) is 0 Å². The fraction of sp³-hybridized carbons (Fsp3) is 0.310. The average molecular weight is 527 g/mol. The molecule has 4 aromatic rings. The SMILES string of the molecule is COc1c2c(cc3c1[C@@H](c1nnnn1-c1ccc(C(=O)Nc4ccc(C(C)C)cc4)cc1)N(C)CC3)OCO2. The number of benzene rings is 3. The molecular formula is C29H30N6O4. The summed E-state index contributed by atoms with van der Waals surface area (Å²) in [4.78, 5) is 15.1. The number of likely N-dealkylation sites (N-methyl/N-ethyl adjacent to an activating group) is 1. The van der Waals surface area contributed by atoms with Gasteiger partial charge in [-0.3, -0.25) is 9.69 Å². The molecule has 2 aliphatic rings. The highest BCUT2D eigenvalue weighted by atomic mass is 16.7. The predicted octanol–water partition coefficient (Wildman–Crippen LogP) is 4.35. The first kappa shape index (κ1) is 24.9. The number of aromatic nitrogens is 4. The lowest BCUT2D eigenvalue weighted by molar-refractivity contribution is 0.102. The van der Waals surface area contributed by atoms with E-state index < -0.39 is 0 Å². The zero-order chi connectivity index (χ0) is 27.1. The topological polar surface area (TPSA) is 104 Å². The minimum Gasteiger partial charge on any atom is -0.492 e. The highest BCUT2D eigenvalue weighted by Crippen LogP contribution is 2.50. The van der Waals surface area contributed by atoms with Crippen LogP contribution in [0, 0.1) is 0 Å². The Labute approximate surface area is 226 Å². The van der Waals surface area contributed by atoms with E-state index >= 15 is 0 Å². The Morgan fingerprint density at radius 1 is 1.10 bits per heavy atom. The van der Waals surface area contributed by atoms with Gasteiger partial charge < -0.3 is 19.5 Å². The van der Waals surface area contributed by atoms with Gasteiger partial charge in [-0.25, -0.2) is 0 Å². The number of fused-ring (bicyclic) bond motifs is 2. The molecule has 200 valence electrons. The molecule has 1 amide bonds. The molecule has 0 aliphatic carbocycles. The number of methoxy groups -OCH3 is 1. The maximum Gasteiger partial charge on any atom is 0.255 e. The van der Waals surface area contributed by atoms with Crippen LogP contribution in [0.2, 0.25) is 0 Å². The van der Waals surface area contributed by atoms with E-state index in [-0.39, 0.29) is 18.7 Å². The van der Waals surface area contributed by atoms with Crippen molar-refractivity contribution in [3.05, 3.63) is 82.7 Å². The molecule has 10 nitrogen and oxygen atoms in total. The summed E-state index contributed by atoms with van der Waals surface area (Å²) in [7, 11) is 3.67. The minimum absolute atomic E-state index is 0.163. The van der Waals surface area contributed by atoms with Gasteiger partial charge in [-0.05, 0) is 83.4 Å². The molecule has 0 unspecified atom stereocenters. The van der Waals surface area contributed by atoms with Gasteiger partial charge in [0.1, 0.15) is 6.04 Å². The van der Waals surface area contributed by atoms with Crippen LogP contribution in [0.15, 0.2) is 54.6 Å². The van der Waals surface area contributed by atoms with E-state index in [0.29, 0.717) is 34.6 Å². The first-order chi connectivity index (χ1) is 18.9. The summed E-state index contributed by atoms with van der Waals surface area (Å²) in [6, 6.07) is 16.9. The van der Waals surface area contributed by atoms with Gasteiger partial charge in [0.15, 0.2) is 17.3 Å². The third-order valence-corrected chi connectivity index (χ3v) is 7.34. The number of nitrogens with one attached hydrogen (secondary N) is 1. The lowest BCUT2D eigenvalue weighted by atomic mass is 9.90. The first-order valence-electron chi connectivity index (χ1n) is 12.9. The van der Waals surface area contributed by atoms with Crippen LogP contribution < -0.4 is 19.5 Å². The van der Waals surface area contributed by atoms with Gasteiger partial charge in [0.25, 0.3) is 5.91 Å². The van der Waals surface area contributed by atoms with Gasteiger partial charge in [0.2, 0.25) is 12.5 Å². The second kappa shape index (κ2) is 10.0. The maximum absolute atomic E-state index is 12.9. The summed E-state index contributed by atoms with van der Waals surface area (Å²) in [6.07, 6.45) is 0.834. The van der Waals surface area contributed by atoms with Crippen LogP contribution in [-0.2, 0) is 6.42 Å². The molecule has 2 aliphatic heterocycles. The smallest absolute Gasteiger partial charge is 0.255 e. The summed E-state index contributed by atoms with van der Waals surface area (Å²) < 4.78 is 18.9. The standard InChI is InChI=1S/C29H30N6O4/c1-17(2)18-5-9-21(10-6-18)30-29(36)19-7-11-22(12-8-19)35-28(31-32-33-35)25-24-20(13-14-34(25)3)15-23-26(27(24)37-4)39-16-38-23/h5-12,15,17,25H,13-14,16H2,1-4H3,(H,30,36)/t25-/m0/s1. The molecule has 0 saturated heterocycles. The number of carbonyl (C=O) groups excluding carboxylic acids is 1. The minimum atomic E-state index is -0.273. The third-order valence-electron chi connectivity index (χ3n) is 7.34. The van der Waals surface area contributed by atoms with E-state index in [1.54, 1.807) is 23.9 Å². The number of nitrogens with zero attached hydrogens (tertiary/aromatic N) is 5. The van der Waals surface area contributed by atoms with E-state index in [0.717, 1.165) is 35.5 Å². The van der Waals surface area contributed by atoms with Crippen LogP contribution in [0.4, 0.5) is 5.69 Å². The molecule has 0 fully saturated rings. The maximum atomic E-state index is 12.9. The molecule has 0 radical (unpaired) electrons. The number of ether oxygens (including phenoxy) is 3. The lowest BCUT2D eigenvalue weighted by Gasteiger charge is -2.34. The molecule has 1 atom stereocenters. The zero-order valence-electron chi connectivity index (χ0n) is 22.3. The Balaban J connectivity index is 1.29. The molecule has 10 heteroatoms. The summed E-state index contributed by atoms with van der Waals surface area (Å²) in [5, 5.41) is 15.7. The van der Waals surface area contributed by atoms with Crippen LogP contribution >= 0.6 is 0 Å². The Hall–Kier alpha value is -4.44.